The number of hydrogen-bond acceptors (Lipinski definition) is 4. The molecule has 0 radical (unpaired) electrons. The summed E-state index contributed by atoms with van der Waals surface area (Å²) in [5.41, 5.74) is 27.2. The Balaban J connectivity index is 0.000000252. The summed E-state index contributed by atoms with van der Waals surface area (Å²) in [4.78, 5) is 4.28. The van der Waals surface area contributed by atoms with E-state index in [9.17, 15) is 0 Å². The van der Waals surface area contributed by atoms with Crippen LogP contribution in [-0.2, 0) is 0 Å². The van der Waals surface area contributed by atoms with Gasteiger partial charge < -0.3 is 57.3 Å². The third-order valence-electron chi connectivity index (χ3n) is 11.9. The zero-order valence-corrected chi connectivity index (χ0v) is 43.4. The minimum absolute atomic E-state index is 0. The molecule has 0 bridgehead atoms. The first-order chi connectivity index (χ1) is 30.6. The van der Waals surface area contributed by atoms with Crippen molar-refractivity contribution in [3.8, 4) is 0 Å². The van der Waals surface area contributed by atoms with Crippen LogP contribution in [0.4, 0.5) is 22.7 Å². The van der Waals surface area contributed by atoms with Crippen LogP contribution in [0.5, 0.6) is 0 Å². The Hall–Kier alpha value is -5.64. The second-order valence-corrected chi connectivity index (χ2v) is 17.6. The third kappa shape index (κ3) is 11.0. The summed E-state index contributed by atoms with van der Waals surface area (Å²) in [6.07, 6.45) is 8.58. The van der Waals surface area contributed by atoms with Crippen LogP contribution in [0.2, 0.25) is 10.0 Å². The highest BCUT2D eigenvalue weighted by atomic mass is 127. The predicted molar refractivity (Wildman–Crippen MR) is 277 cm³/mol. The molecule has 2 aliphatic carbocycles. The Morgan fingerprint density at radius 3 is 1.53 bits per heavy atom. The van der Waals surface area contributed by atoms with Gasteiger partial charge in [0.1, 0.15) is 7.05 Å². The number of rotatable bonds is 7. The molecule has 8 rings (SSSR count). The number of benzene rings is 6. The third-order valence-corrected chi connectivity index (χ3v) is 12.6. The van der Waals surface area contributed by atoms with Gasteiger partial charge in [0.2, 0.25) is 11.4 Å². The SMILES string of the molecule is CC1=CC(=C(c2cc(C)c(N)c(C)c2)c2c(Cl)cccc2Cl)C=C(C)C1=N.CN(C)c1ccc(C(=C2C=CC(=[N+](C)c3ccccc3)c3ccccc32)c2ccc(N(C)C)cc2)cc1.[Cl-].[I-]. The lowest BCUT2D eigenvalue weighted by Gasteiger charge is -2.21. The smallest absolute Gasteiger partial charge is 0.213 e. The summed E-state index contributed by atoms with van der Waals surface area (Å²) in [5.74, 6) is 0. The zero-order chi connectivity index (χ0) is 45.8. The second kappa shape index (κ2) is 22.2. The molecule has 0 fully saturated rings. The van der Waals surface area contributed by atoms with E-state index in [1.807, 2.05) is 58.0 Å². The number of nitrogens with zero attached hydrogens (tertiary/aromatic N) is 3. The molecule has 0 aliphatic heterocycles. The number of nitrogens with two attached hydrogens (primary N) is 1. The molecular weight excluding hydrogens is 988 g/mol. The Morgan fingerprint density at radius 2 is 1.05 bits per heavy atom. The van der Waals surface area contributed by atoms with Gasteiger partial charge in [-0.1, -0.05) is 89.9 Å². The lowest BCUT2D eigenvalue weighted by molar-refractivity contribution is -0.403. The van der Waals surface area contributed by atoms with Gasteiger partial charge in [-0.15, -0.1) is 0 Å². The molecular formula is C57H56Cl3IN5-. The molecule has 9 heteroatoms. The van der Waals surface area contributed by atoms with Crippen molar-refractivity contribution in [2.45, 2.75) is 27.7 Å². The number of fused-ring (bicyclic) bond motifs is 1. The summed E-state index contributed by atoms with van der Waals surface area (Å²) in [6.45, 7) is 7.90. The first-order valence-electron chi connectivity index (χ1n) is 21.4. The van der Waals surface area contributed by atoms with E-state index in [-0.39, 0.29) is 36.4 Å². The molecule has 6 aromatic rings. The molecule has 66 heavy (non-hydrogen) atoms. The maximum absolute atomic E-state index is 8.19. The van der Waals surface area contributed by atoms with Crippen LogP contribution < -0.4 is 51.9 Å². The van der Waals surface area contributed by atoms with Crippen LogP contribution in [-0.4, -0.2) is 51.2 Å². The highest BCUT2D eigenvalue weighted by Gasteiger charge is 2.25. The number of anilines is 3. The molecule has 0 atom stereocenters. The van der Waals surface area contributed by atoms with Crippen LogP contribution in [0.25, 0.3) is 16.7 Å². The molecule has 0 saturated carbocycles. The lowest BCUT2D eigenvalue weighted by Crippen LogP contribution is -3.00. The molecule has 0 spiro atoms. The number of halogens is 4. The van der Waals surface area contributed by atoms with E-state index < -0.39 is 0 Å². The van der Waals surface area contributed by atoms with Crippen molar-refractivity contribution in [2.24, 2.45) is 0 Å². The van der Waals surface area contributed by atoms with Gasteiger partial charge in [0, 0.05) is 79.1 Å². The molecule has 5 nitrogen and oxygen atoms in total. The Bertz CT molecular complexity index is 2840. The molecule has 3 N–H and O–H groups in total. The van der Waals surface area contributed by atoms with Crippen molar-refractivity contribution >= 4 is 74.1 Å². The summed E-state index contributed by atoms with van der Waals surface area (Å²) in [5, 5.41) is 9.38. The highest BCUT2D eigenvalue weighted by Crippen LogP contribution is 2.41. The Kier molecular flexibility index (Phi) is 17.3. The van der Waals surface area contributed by atoms with E-state index in [1.54, 1.807) is 0 Å². The topological polar surface area (TPSA) is 59.4 Å². The van der Waals surface area contributed by atoms with E-state index in [4.69, 9.17) is 34.3 Å². The molecule has 6 aromatic carbocycles. The van der Waals surface area contributed by atoms with Crippen molar-refractivity contribution < 1.29 is 41.0 Å². The maximum atomic E-state index is 8.19. The van der Waals surface area contributed by atoms with Gasteiger partial charge in [-0.25, -0.2) is 0 Å². The zero-order valence-electron chi connectivity index (χ0n) is 38.9. The second-order valence-electron chi connectivity index (χ2n) is 16.8. The number of allylic oxidation sites excluding steroid dienone is 8. The number of hydrogen-bond donors (Lipinski definition) is 2. The maximum Gasteiger partial charge on any atom is 0.213 e. The summed E-state index contributed by atoms with van der Waals surface area (Å²) < 4.78 is 2.27. The van der Waals surface area contributed by atoms with Crippen LogP contribution >= 0.6 is 23.2 Å². The van der Waals surface area contributed by atoms with Crippen molar-refractivity contribution in [2.75, 3.05) is 50.8 Å². The number of para-hydroxylation sites is 1. The van der Waals surface area contributed by atoms with Crippen molar-refractivity contribution in [1.82, 2.24) is 0 Å². The van der Waals surface area contributed by atoms with Gasteiger partial charge in [-0.3, -0.25) is 0 Å². The first-order valence-corrected chi connectivity index (χ1v) is 22.1. The quantitative estimate of drug-likeness (QED) is 0.0969. The van der Waals surface area contributed by atoms with Crippen molar-refractivity contribution in [3.63, 3.8) is 0 Å². The monoisotopic (exact) mass is 1040 g/mol. The van der Waals surface area contributed by atoms with Gasteiger partial charge in [0.05, 0.1) is 11.3 Å². The average Bonchev–Trinajstić information content (AvgIpc) is 3.29. The number of nitrogen functional groups attached to an aromatic ring is 1. The van der Waals surface area contributed by atoms with E-state index in [1.165, 1.54) is 56.2 Å². The van der Waals surface area contributed by atoms with Gasteiger partial charge in [0.15, 0.2) is 0 Å². The highest BCUT2D eigenvalue weighted by molar-refractivity contribution is 6.38. The average molecular weight is 1040 g/mol. The van der Waals surface area contributed by atoms with E-state index in [0.29, 0.717) is 15.8 Å². The van der Waals surface area contributed by atoms with E-state index in [2.05, 4.69) is 177 Å². The van der Waals surface area contributed by atoms with Gasteiger partial charge in [0.25, 0.3) is 0 Å². The van der Waals surface area contributed by atoms with Crippen LogP contribution in [0, 0.1) is 19.3 Å². The molecule has 0 aromatic heterocycles. The molecule has 0 heterocycles. The van der Waals surface area contributed by atoms with Crippen molar-refractivity contribution in [1.29, 1.82) is 5.41 Å². The molecule has 2 aliphatic rings. The summed E-state index contributed by atoms with van der Waals surface area (Å²) in [7, 11) is 10.5. The van der Waals surface area contributed by atoms with Crippen molar-refractivity contribution in [3.05, 3.63) is 229 Å². The summed E-state index contributed by atoms with van der Waals surface area (Å²) in [6, 6.07) is 46.7. The number of nitrogens with one attached hydrogen (secondary N) is 1. The minimum atomic E-state index is 0. The van der Waals surface area contributed by atoms with Crippen LogP contribution in [0.15, 0.2) is 174 Å². The Morgan fingerprint density at radius 1 is 0.576 bits per heavy atom. The molecule has 338 valence electrons. The fraction of sp³-hybridized carbons (Fsp3) is 0.158. The predicted octanol–water partition coefficient (Wildman–Crippen LogP) is 8.04. The van der Waals surface area contributed by atoms with Gasteiger partial charge in [-0.05, 0) is 167 Å². The van der Waals surface area contributed by atoms with Crippen LogP contribution in [0.3, 0.4) is 0 Å². The largest absolute Gasteiger partial charge is 1.00 e. The lowest BCUT2D eigenvalue weighted by atomic mass is 9.83. The fourth-order valence-electron chi connectivity index (χ4n) is 8.33. The first kappa shape index (κ1) is 51.3. The summed E-state index contributed by atoms with van der Waals surface area (Å²) >= 11 is 13.2. The number of aryl methyl sites for hydroxylation is 2. The normalized spacial score (nSPS) is 13.5. The van der Waals surface area contributed by atoms with E-state index in [0.717, 1.165) is 50.2 Å². The van der Waals surface area contributed by atoms with Gasteiger partial charge in [-0.2, -0.15) is 4.58 Å². The molecule has 0 saturated heterocycles. The fourth-order valence-corrected chi connectivity index (χ4v) is 8.92. The molecule has 0 unspecified atom stereocenters. The minimum Gasteiger partial charge on any atom is -1.00 e. The van der Waals surface area contributed by atoms with Gasteiger partial charge >= 0.3 is 0 Å². The van der Waals surface area contributed by atoms with Crippen LogP contribution in [0.1, 0.15) is 58.4 Å². The Labute approximate surface area is 424 Å². The van der Waals surface area contributed by atoms with E-state index >= 15 is 0 Å². The molecule has 0 amide bonds. The standard InChI is InChI=1S/C34H34N3.C23H22Cl2N2.ClH.HI/c1-35(2)27-19-15-25(16-20-27)34(26-17-21-28(22-18-26)36(3)4)32-23-24-33(31-14-10-9-13-30(31)32)37(5)29-11-7-6-8-12-29;1-12-8-16(9-13(2)22(12)26)20(21-18(24)6-5-7-19(21)25)17-10-14(3)23(27)15(4)11-17;;/h6-24H,1-5H3;5-11,26H,27H2,1-4H3;2*1H/q+1;;;/p-2.